The molecule has 0 saturated carbocycles. The summed E-state index contributed by atoms with van der Waals surface area (Å²) in [7, 11) is -3.63. The topological polar surface area (TPSA) is 87.3 Å². The largest absolute Gasteiger partial charge is 0.326 e. The van der Waals surface area contributed by atoms with Gasteiger partial charge in [0.15, 0.2) is 0 Å². The molecule has 0 aromatic heterocycles. The van der Waals surface area contributed by atoms with E-state index < -0.39 is 10.0 Å². The summed E-state index contributed by atoms with van der Waals surface area (Å²) in [5.41, 5.74) is 3.81. The molecule has 6 nitrogen and oxygen atoms in total. The second-order valence-corrected chi connectivity index (χ2v) is 5.59. The van der Waals surface area contributed by atoms with E-state index in [0.717, 1.165) is 0 Å². The summed E-state index contributed by atoms with van der Waals surface area (Å²) >= 11 is 0. The van der Waals surface area contributed by atoms with Gasteiger partial charge in [-0.2, -0.15) is 0 Å². The molecule has 0 atom stereocenters. The normalized spacial score (nSPS) is 12.1. The predicted octanol–water partition coefficient (Wildman–Crippen LogP) is 1.35. The van der Waals surface area contributed by atoms with E-state index in [1.165, 1.54) is 31.2 Å². The van der Waals surface area contributed by atoms with Crippen molar-refractivity contribution in [2.45, 2.75) is 25.7 Å². The molecule has 0 radical (unpaired) electrons. The molecule has 1 rings (SSSR count). The van der Waals surface area contributed by atoms with E-state index in [2.05, 4.69) is 15.6 Å². The Kier molecular flexibility index (Phi) is 5.08. The second kappa shape index (κ2) is 6.35. The summed E-state index contributed by atoms with van der Waals surface area (Å²) in [4.78, 5) is 13.2. The van der Waals surface area contributed by atoms with E-state index in [1.54, 1.807) is 19.9 Å². The second-order valence-electron chi connectivity index (χ2n) is 3.91. The van der Waals surface area contributed by atoms with Crippen LogP contribution in [0.5, 0.6) is 0 Å². The Morgan fingerprint density at radius 2 is 1.74 bits per heavy atom. The number of anilines is 1. The zero-order valence-electron chi connectivity index (χ0n) is 11.0. The van der Waals surface area contributed by atoms with Gasteiger partial charge in [-0.3, -0.25) is 4.79 Å². The van der Waals surface area contributed by atoms with Gasteiger partial charge in [-0.1, -0.05) is 6.08 Å². The first-order chi connectivity index (χ1) is 8.85. The highest BCUT2D eigenvalue weighted by molar-refractivity contribution is 7.89. The summed E-state index contributed by atoms with van der Waals surface area (Å²) in [5, 5.41) is 2.56. The fourth-order valence-electron chi connectivity index (χ4n) is 1.20. The van der Waals surface area contributed by atoms with Gasteiger partial charge in [-0.15, -0.1) is 4.83 Å². The van der Waals surface area contributed by atoms with Gasteiger partial charge in [0.25, 0.3) is 10.0 Å². The molecule has 0 aliphatic rings. The number of sulfonamides is 1. The third-order valence-electron chi connectivity index (χ3n) is 2.30. The van der Waals surface area contributed by atoms with Gasteiger partial charge >= 0.3 is 0 Å². The van der Waals surface area contributed by atoms with E-state index in [0.29, 0.717) is 11.4 Å². The summed E-state index contributed by atoms with van der Waals surface area (Å²) in [5.74, 6) is -0.209. The molecule has 1 aromatic rings. The first kappa shape index (κ1) is 15.2. The average Bonchev–Trinajstić information content (AvgIpc) is 2.36. The minimum Gasteiger partial charge on any atom is -0.326 e. The standard InChI is InChI=1S/C12H17N3O3S/c1-4-9(2)14-15-19(17,18)12-7-5-11(6-8-12)13-10(3)16/h4-8,14-15H,1-3H3,(H,13,16). The van der Waals surface area contributed by atoms with Gasteiger partial charge in [0.05, 0.1) is 4.90 Å². The first-order valence-corrected chi connectivity index (χ1v) is 7.12. The Morgan fingerprint density at radius 1 is 1.16 bits per heavy atom. The zero-order chi connectivity index (χ0) is 14.5. The maximum atomic E-state index is 11.9. The Balaban J connectivity index is 2.82. The van der Waals surface area contributed by atoms with Crippen LogP contribution in [0.15, 0.2) is 40.9 Å². The fraction of sp³-hybridized carbons (Fsp3) is 0.250. The van der Waals surface area contributed by atoms with Crippen molar-refractivity contribution in [1.29, 1.82) is 0 Å². The molecule has 0 aliphatic heterocycles. The molecule has 0 bridgehead atoms. The molecule has 104 valence electrons. The highest BCUT2D eigenvalue weighted by Gasteiger charge is 2.13. The lowest BCUT2D eigenvalue weighted by Crippen LogP contribution is -2.35. The van der Waals surface area contributed by atoms with E-state index in [1.807, 2.05) is 0 Å². The lowest BCUT2D eigenvalue weighted by Gasteiger charge is -2.10. The van der Waals surface area contributed by atoms with Crippen LogP contribution in [0, 0.1) is 0 Å². The van der Waals surface area contributed by atoms with Crippen molar-refractivity contribution >= 4 is 21.6 Å². The van der Waals surface area contributed by atoms with Crippen molar-refractivity contribution in [1.82, 2.24) is 10.3 Å². The van der Waals surface area contributed by atoms with Crippen LogP contribution in [0.4, 0.5) is 5.69 Å². The monoisotopic (exact) mass is 283 g/mol. The van der Waals surface area contributed by atoms with Crippen molar-refractivity contribution in [3.63, 3.8) is 0 Å². The maximum Gasteiger partial charge on any atom is 0.257 e. The molecule has 0 spiro atoms. The molecule has 19 heavy (non-hydrogen) atoms. The molecule has 7 heteroatoms. The highest BCUT2D eigenvalue weighted by atomic mass is 32.2. The highest BCUT2D eigenvalue weighted by Crippen LogP contribution is 2.13. The van der Waals surface area contributed by atoms with Crippen molar-refractivity contribution in [2.24, 2.45) is 0 Å². The number of rotatable bonds is 5. The number of benzene rings is 1. The van der Waals surface area contributed by atoms with Gasteiger partial charge in [0.1, 0.15) is 0 Å². The van der Waals surface area contributed by atoms with Crippen LogP contribution < -0.4 is 15.6 Å². The van der Waals surface area contributed by atoms with Crippen molar-refractivity contribution < 1.29 is 13.2 Å². The maximum absolute atomic E-state index is 11.9. The molecule has 0 saturated heterocycles. The number of nitrogens with one attached hydrogen (secondary N) is 3. The minimum absolute atomic E-state index is 0.109. The molecule has 3 N–H and O–H groups in total. The number of hydrazine groups is 1. The summed E-state index contributed by atoms with van der Waals surface area (Å²) in [6, 6.07) is 5.89. The average molecular weight is 283 g/mol. The van der Waals surface area contributed by atoms with Crippen LogP contribution in [-0.2, 0) is 14.8 Å². The van der Waals surface area contributed by atoms with Gasteiger partial charge in [0, 0.05) is 18.3 Å². The van der Waals surface area contributed by atoms with Crippen LogP contribution in [0.2, 0.25) is 0 Å². The Morgan fingerprint density at radius 3 is 2.21 bits per heavy atom. The molecule has 1 aromatic carbocycles. The van der Waals surface area contributed by atoms with Gasteiger partial charge in [-0.05, 0) is 38.1 Å². The van der Waals surface area contributed by atoms with Crippen LogP contribution >= 0.6 is 0 Å². The van der Waals surface area contributed by atoms with Gasteiger partial charge in [-0.25, -0.2) is 8.42 Å². The predicted molar refractivity (Wildman–Crippen MR) is 73.6 cm³/mol. The molecule has 1 amide bonds. The third-order valence-corrected chi connectivity index (χ3v) is 3.56. The van der Waals surface area contributed by atoms with Crippen LogP contribution in [0.1, 0.15) is 20.8 Å². The number of amides is 1. The molecular formula is C12H17N3O3S. The number of carbonyl (C=O) groups is 1. The zero-order valence-corrected chi connectivity index (χ0v) is 11.8. The smallest absolute Gasteiger partial charge is 0.257 e. The van der Waals surface area contributed by atoms with Crippen LogP contribution in [-0.4, -0.2) is 14.3 Å². The lowest BCUT2D eigenvalue weighted by molar-refractivity contribution is -0.114. The first-order valence-electron chi connectivity index (χ1n) is 5.63. The Bertz CT molecular complexity index is 577. The van der Waals surface area contributed by atoms with Crippen molar-refractivity contribution in [3.05, 3.63) is 36.0 Å². The number of hydrogen-bond donors (Lipinski definition) is 3. The van der Waals surface area contributed by atoms with E-state index in [4.69, 9.17) is 0 Å². The van der Waals surface area contributed by atoms with Gasteiger partial charge in [0.2, 0.25) is 5.91 Å². The minimum atomic E-state index is -3.63. The molecule has 0 heterocycles. The Labute approximate surface area is 112 Å². The molecule has 0 unspecified atom stereocenters. The van der Waals surface area contributed by atoms with E-state index >= 15 is 0 Å². The summed E-state index contributed by atoms with van der Waals surface area (Å²) < 4.78 is 23.8. The van der Waals surface area contributed by atoms with Gasteiger partial charge < -0.3 is 10.7 Å². The van der Waals surface area contributed by atoms with E-state index in [9.17, 15) is 13.2 Å². The third kappa shape index (κ3) is 4.72. The summed E-state index contributed by atoms with van der Waals surface area (Å²) in [6.07, 6.45) is 1.74. The molecule has 0 aliphatic carbocycles. The lowest BCUT2D eigenvalue weighted by atomic mass is 10.3. The number of hydrogen-bond acceptors (Lipinski definition) is 4. The van der Waals surface area contributed by atoms with Crippen LogP contribution in [0.3, 0.4) is 0 Å². The summed E-state index contributed by atoms with van der Waals surface area (Å²) in [6.45, 7) is 4.91. The molecule has 0 fully saturated rings. The number of carbonyl (C=O) groups excluding carboxylic acids is 1. The fourth-order valence-corrected chi connectivity index (χ4v) is 2.11. The van der Waals surface area contributed by atoms with Crippen molar-refractivity contribution in [3.8, 4) is 0 Å². The van der Waals surface area contributed by atoms with E-state index in [-0.39, 0.29) is 10.8 Å². The quantitative estimate of drug-likeness (QED) is 0.712. The number of allylic oxidation sites excluding steroid dienone is 2. The molecular weight excluding hydrogens is 266 g/mol. The Hall–Kier alpha value is -1.86. The van der Waals surface area contributed by atoms with Crippen LogP contribution in [0.25, 0.3) is 0 Å². The SMILES string of the molecule is CC=C(C)NNS(=O)(=O)c1ccc(NC(C)=O)cc1. The van der Waals surface area contributed by atoms with Crippen molar-refractivity contribution in [2.75, 3.05) is 5.32 Å².